The van der Waals surface area contributed by atoms with Gasteiger partial charge in [-0.25, -0.2) is 0 Å². The van der Waals surface area contributed by atoms with Gasteiger partial charge >= 0.3 is 0 Å². The molecular formula is C17H29NO2. The normalized spacial score (nSPS) is 14.6. The van der Waals surface area contributed by atoms with E-state index in [1.54, 1.807) is 0 Å². The van der Waals surface area contributed by atoms with Gasteiger partial charge in [0.1, 0.15) is 5.75 Å². The van der Waals surface area contributed by atoms with Crippen molar-refractivity contribution in [1.82, 2.24) is 5.32 Å². The molecule has 0 amide bonds. The topological polar surface area (TPSA) is 41.5 Å². The van der Waals surface area contributed by atoms with Gasteiger partial charge in [0.25, 0.3) is 0 Å². The molecule has 1 atom stereocenters. The highest BCUT2D eigenvalue weighted by atomic mass is 16.5. The molecule has 3 nitrogen and oxygen atoms in total. The molecule has 1 rings (SSSR count). The molecule has 114 valence electrons. The Morgan fingerprint density at radius 2 is 1.85 bits per heavy atom. The molecule has 3 heteroatoms. The zero-order chi connectivity index (χ0) is 15.2. The van der Waals surface area contributed by atoms with E-state index in [1.807, 2.05) is 25.1 Å². The van der Waals surface area contributed by atoms with Crippen molar-refractivity contribution in [3.05, 3.63) is 29.8 Å². The van der Waals surface area contributed by atoms with Crippen LogP contribution in [0.2, 0.25) is 0 Å². The summed E-state index contributed by atoms with van der Waals surface area (Å²) in [6, 6.07) is 8.51. The molecule has 1 aromatic carbocycles. The van der Waals surface area contributed by atoms with E-state index in [1.165, 1.54) is 5.56 Å². The van der Waals surface area contributed by atoms with Crippen LogP contribution in [0.25, 0.3) is 0 Å². The molecule has 20 heavy (non-hydrogen) atoms. The first kappa shape index (κ1) is 17.0. The van der Waals surface area contributed by atoms with Crippen molar-refractivity contribution in [2.45, 2.75) is 58.5 Å². The number of para-hydroxylation sites is 1. The van der Waals surface area contributed by atoms with Gasteiger partial charge < -0.3 is 15.2 Å². The van der Waals surface area contributed by atoms with Crippen LogP contribution in [0.3, 0.4) is 0 Å². The van der Waals surface area contributed by atoms with Gasteiger partial charge in [0.15, 0.2) is 0 Å². The number of aliphatic hydroxyl groups is 1. The monoisotopic (exact) mass is 279 g/mol. The Morgan fingerprint density at radius 3 is 2.40 bits per heavy atom. The van der Waals surface area contributed by atoms with Gasteiger partial charge in [0, 0.05) is 18.0 Å². The smallest absolute Gasteiger partial charge is 0.122 e. The molecule has 0 saturated carbocycles. The molecule has 0 saturated heterocycles. The van der Waals surface area contributed by atoms with E-state index < -0.39 is 0 Å². The Kier molecular flexibility index (Phi) is 6.50. The first-order valence-corrected chi connectivity index (χ1v) is 7.48. The second-order valence-corrected chi connectivity index (χ2v) is 6.31. The van der Waals surface area contributed by atoms with E-state index in [2.05, 4.69) is 39.1 Å². The zero-order valence-electron chi connectivity index (χ0n) is 13.4. The van der Waals surface area contributed by atoms with E-state index in [0.717, 1.165) is 12.2 Å². The summed E-state index contributed by atoms with van der Waals surface area (Å²) < 4.78 is 5.93. The summed E-state index contributed by atoms with van der Waals surface area (Å²) in [4.78, 5) is 0. The van der Waals surface area contributed by atoms with Crippen molar-refractivity contribution in [3.63, 3.8) is 0 Å². The standard InChI is InChI=1S/C17H29NO2/c1-13(2)15-8-6-7-9-16(15)20-11-10-17(5,12-19)18-14(3)4/h6-9,13-14,18-19H,10-12H2,1-5H3. The predicted molar refractivity (Wildman–Crippen MR) is 84.4 cm³/mol. The van der Waals surface area contributed by atoms with Gasteiger partial charge in [-0.05, 0) is 24.5 Å². The summed E-state index contributed by atoms with van der Waals surface area (Å²) >= 11 is 0. The predicted octanol–water partition coefficient (Wildman–Crippen LogP) is 3.33. The van der Waals surface area contributed by atoms with Crippen LogP contribution in [0, 0.1) is 0 Å². The van der Waals surface area contributed by atoms with Crippen LogP contribution >= 0.6 is 0 Å². The largest absolute Gasteiger partial charge is 0.493 e. The molecule has 1 aromatic rings. The molecule has 0 bridgehead atoms. The average Bonchev–Trinajstić information content (AvgIpc) is 2.38. The first-order chi connectivity index (χ1) is 9.38. The van der Waals surface area contributed by atoms with Crippen molar-refractivity contribution >= 4 is 0 Å². The minimum absolute atomic E-state index is 0.111. The second-order valence-electron chi connectivity index (χ2n) is 6.31. The van der Waals surface area contributed by atoms with Crippen LogP contribution in [0.5, 0.6) is 5.75 Å². The third-order valence-corrected chi connectivity index (χ3v) is 3.44. The fourth-order valence-electron chi connectivity index (χ4n) is 2.37. The summed E-state index contributed by atoms with van der Waals surface area (Å²) in [7, 11) is 0. The van der Waals surface area contributed by atoms with Crippen molar-refractivity contribution in [3.8, 4) is 5.75 Å². The molecule has 0 heterocycles. The maximum Gasteiger partial charge on any atom is 0.122 e. The van der Waals surface area contributed by atoms with Crippen molar-refractivity contribution in [1.29, 1.82) is 0 Å². The molecule has 0 aliphatic heterocycles. The first-order valence-electron chi connectivity index (χ1n) is 7.48. The lowest BCUT2D eigenvalue weighted by Gasteiger charge is -2.31. The lowest BCUT2D eigenvalue weighted by molar-refractivity contribution is 0.136. The average molecular weight is 279 g/mol. The van der Waals surface area contributed by atoms with E-state index in [0.29, 0.717) is 18.6 Å². The number of nitrogens with one attached hydrogen (secondary N) is 1. The number of rotatable bonds is 8. The lowest BCUT2D eigenvalue weighted by atomic mass is 9.98. The van der Waals surface area contributed by atoms with Gasteiger partial charge in [-0.1, -0.05) is 45.9 Å². The zero-order valence-corrected chi connectivity index (χ0v) is 13.4. The van der Waals surface area contributed by atoms with E-state index in [-0.39, 0.29) is 12.1 Å². The minimum atomic E-state index is -0.291. The Balaban J connectivity index is 2.59. The maximum absolute atomic E-state index is 9.56. The van der Waals surface area contributed by atoms with Crippen LogP contribution in [-0.2, 0) is 0 Å². The Bertz CT molecular complexity index is 404. The summed E-state index contributed by atoms with van der Waals surface area (Å²) in [5.74, 6) is 1.40. The molecule has 0 radical (unpaired) electrons. The number of benzene rings is 1. The molecule has 0 aliphatic carbocycles. The number of aliphatic hydroxyl groups excluding tert-OH is 1. The molecule has 2 N–H and O–H groups in total. The van der Waals surface area contributed by atoms with Crippen LogP contribution in [0.4, 0.5) is 0 Å². The number of hydrogen-bond acceptors (Lipinski definition) is 3. The summed E-state index contributed by atoms with van der Waals surface area (Å²) in [5.41, 5.74) is 0.941. The summed E-state index contributed by atoms with van der Waals surface area (Å²) in [5, 5.41) is 13.0. The van der Waals surface area contributed by atoms with Crippen LogP contribution in [-0.4, -0.2) is 29.9 Å². The van der Waals surface area contributed by atoms with Gasteiger partial charge in [-0.15, -0.1) is 0 Å². The number of hydrogen-bond donors (Lipinski definition) is 2. The van der Waals surface area contributed by atoms with Crippen molar-refractivity contribution < 1.29 is 9.84 Å². The van der Waals surface area contributed by atoms with Crippen LogP contribution in [0.15, 0.2) is 24.3 Å². The van der Waals surface area contributed by atoms with Crippen molar-refractivity contribution in [2.75, 3.05) is 13.2 Å². The Morgan fingerprint density at radius 1 is 1.20 bits per heavy atom. The van der Waals surface area contributed by atoms with Gasteiger partial charge in [0.2, 0.25) is 0 Å². The highest BCUT2D eigenvalue weighted by Gasteiger charge is 2.23. The minimum Gasteiger partial charge on any atom is -0.493 e. The Hall–Kier alpha value is -1.06. The maximum atomic E-state index is 9.56. The molecule has 0 spiro atoms. The second kappa shape index (κ2) is 7.65. The van der Waals surface area contributed by atoms with Gasteiger partial charge in [-0.2, -0.15) is 0 Å². The quantitative estimate of drug-likeness (QED) is 0.767. The molecule has 0 aromatic heterocycles. The highest BCUT2D eigenvalue weighted by molar-refractivity contribution is 5.35. The molecular weight excluding hydrogens is 250 g/mol. The van der Waals surface area contributed by atoms with Crippen LogP contribution in [0.1, 0.15) is 52.5 Å². The molecule has 0 aliphatic rings. The van der Waals surface area contributed by atoms with E-state index in [9.17, 15) is 5.11 Å². The summed E-state index contributed by atoms with van der Waals surface area (Å²) in [6.07, 6.45) is 0.772. The molecule has 0 fully saturated rings. The van der Waals surface area contributed by atoms with E-state index >= 15 is 0 Å². The fraction of sp³-hybridized carbons (Fsp3) is 0.647. The van der Waals surface area contributed by atoms with Crippen molar-refractivity contribution in [2.24, 2.45) is 0 Å². The highest BCUT2D eigenvalue weighted by Crippen LogP contribution is 2.26. The Labute approximate surface area is 123 Å². The van der Waals surface area contributed by atoms with Crippen LogP contribution < -0.4 is 10.1 Å². The van der Waals surface area contributed by atoms with Gasteiger partial charge in [-0.3, -0.25) is 0 Å². The third kappa shape index (κ3) is 5.14. The fourth-order valence-corrected chi connectivity index (χ4v) is 2.37. The van der Waals surface area contributed by atoms with Gasteiger partial charge in [0.05, 0.1) is 13.2 Å². The number of ether oxygens (including phenoxy) is 1. The third-order valence-electron chi connectivity index (χ3n) is 3.44. The summed E-state index contributed by atoms with van der Waals surface area (Å²) in [6.45, 7) is 11.2. The van der Waals surface area contributed by atoms with E-state index in [4.69, 9.17) is 4.74 Å². The SMILES string of the molecule is CC(C)NC(C)(CO)CCOc1ccccc1C(C)C. The lowest BCUT2D eigenvalue weighted by Crippen LogP contribution is -2.50. The molecule has 1 unspecified atom stereocenters.